The Morgan fingerprint density at radius 3 is 2.84 bits per heavy atom. The zero-order chi connectivity index (χ0) is 13.7. The first-order chi connectivity index (χ1) is 9.22. The maximum absolute atomic E-state index is 13.2. The summed E-state index contributed by atoms with van der Waals surface area (Å²) >= 11 is 1.54. The molecule has 0 fully saturated rings. The van der Waals surface area contributed by atoms with Crippen LogP contribution in [0.5, 0.6) is 0 Å². The largest absolute Gasteiger partial charge is 0.359 e. The topological polar surface area (TPSA) is 24.9 Å². The summed E-state index contributed by atoms with van der Waals surface area (Å²) in [5, 5.41) is 4.42. The fourth-order valence-corrected chi connectivity index (χ4v) is 3.19. The number of nitrogens with one attached hydrogen (secondary N) is 1. The summed E-state index contributed by atoms with van der Waals surface area (Å²) in [7, 11) is 0. The van der Waals surface area contributed by atoms with E-state index >= 15 is 0 Å². The van der Waals surface area contributed by atoms with Gasteiger partial charge >= 0.3 is 0 Å². The van der Waals surface area contributed by atoms with Gasteiger partial charge in [-0.1, -0.05) is 44.4 Å². The van der Waals surface area contributed by atoms with E-state index in [0.717, 1.165) is 21.8 Å². The number of thiazole rings is 1. The highest BCUT2D eigenvalue weighted by atomic mass is 32.1. The van der Waals surface area contributed by atoms with Crippen molar-refractivity contribution in [1.82, 2.24) is 4.98 Å². The number of hydrogen-bond donors (Lipinski definition) is 1. The van der Waals surface area contributed by atoms with Gasteiger partial charge in [-0.3, -0.25) is 0 Å². The molecule has 1 N–H and O–H groups in total. The minimum absolute atomic E-state index is 0.196. The second-order valence-corrected chi connectivity index (χ2v) is 5.93. The lowest BCUT2D eigenvalue weighted by atomic mass is 10.1. The molecule has 0 aliphatic rings. The van der Waals surface area contributed by atoms with E-state index in [1.807, 2.05) is 0 Å². The predicted octanol–water partition coefficient (Wildman–Crippen LogP) is 5.21. The van der Waals surface area contributed by atoms with Crippen LogP contribution in [0.2, 0.25) is 0 Å². The van der Waals surface area contributed by atoms with Crippen LogP contribution in [0.1, 0.15) is 46.0 Å². The molecule has 0 saturated carbocycles. The Labute approximate surface area is 118 Å². The highest BCUT2D eigenvalue weighted by Gasteiger charge is 2.10. The fraction of sp³-hybridized carbons (Fsp3) is 0.533. The molecule has 2 aromatic rings. The summed E-state index contributed by atoms with van der Waals surface area (Å²) < 4.78 is 14.1. The van der Waals surface area contributed by atoms with Crippen molar-refractivity contribution in [3.05, 3.63) is 24.0 Å². The molecule has 2 nitrogen and oxygen atoms in total. The molecular formula is C15H21FN2S. The highest BCUT2D eigenvalue weighted by molar-refractivity contribution is 7.22. The third-order valence-corrected chi connectivity index (χ3v) is 4.17. The summed E-state index contributed by atoms with van der Waals surface area (Å²) in [6.45, 7) is 4.41. The van der Waals surface area contributed by atoms with Crippen molar-refractivity contribution in [2.24, 2.45) is 0 Å². The summed E-state index contributed by atoms with van der Waals surface area (Å²) in [4.78, 5) is 4.52. The normalized spacial score (nSPS) is 12.8. The van der Waals surface area contributed by atoms with E-state index in [9.17, 15) is 4.39 Å². The molecule has 0 aliphatic heterocycles. The van der Waals surface area contributed by atoms with Gasteiger partial charge in [0.05, 0.1) is 10.2 Å². The van der Waals surface area contributed by atoms with Crippen LogP contribution in [0, 0.1) is 5.82 Å². The zero-order valence-electron chi connectivity index (χ0n) is 11.6. The minimum Gasteiger partial charge on any atom is -0.359 e. The molecule has 1 aromatic heterocycles. The van der Waals surface area contributed by atoms with Crippen LogP contribution in [0.15, 0.2) is 18.2 Å². The van der Waals surface area contributed by atoms with Gasteiger partial charge < -0.3 is 5.32 Å². The van der Waals surface area contributed by atoms with Gasteiger partial charge in [-0.25, -0.2) is 9.37 Å². The van der Waals surface area contributed by atoms with Gasteiger partial charge in [-0.2, -0.15) is 0 Å². The number of nitrogens with zero attached hydrogens (tertiary/aromatic N) is 1. The Kier molecular flexibility index (Phi) is 5.14. The van der Waals surface area contributed by atoms with Gasteiger partial charge in [-0.05, 0) is 31.0 Å². The second-order valence-electron chi connectivity index (χ2n) is 4.90. The average Bonchev–Trinajstić information content (AvgIpc) is 2.77. The number of aromatic nitrogens is 1. The Morgan fingerprint density at radius 1 is 1.26 bits per heavy atom. The first kappa shape index (κ1) is 14.3. The molecule has 0 amide bonds. The molecule has 1 heterocycles. The first-order valence-corrected chi connectivity index (χ1v) is 7.87. The fourth-order valence-electron chi connectivity index (χ4n) is 2.22. The van der Waals surface area contributed by atoms with Crippen LogP contribution < -0.4 is 5.32 Å². The monoisotopic (exact) mass is 280 g/mol. The number of rotatable bonds is 7. The van der Waals surface area contributed by atoms with Crippen molar-refractivity contribution in [3.63, 3.8) is 0 Å². The number of benzene rings is 1. The maximum atomic E-state index is 13.2. The van der Waals surface area contributed by atoms with Crippen LogP contribution in [0.4, 0.5) is 9.52 Å². The van der Waals surface area contributed by atoms with E-state index in [-0.39, 0.29) is 5.82 Å². The van der Waals surface area contributed by atoms with Crippen molar-refractivity contribution in [3.8, 4) is 0 Å². The van der Waals surface area contributed by atoms with Crippen molar-refractivity contribution < 1.29 is 4.39 Å². The Morgan fingerprint density at radius 2 is 2.11 bits per heavy atom. The van der Waals surface area contributed by atoms with Crippen molar-refractivity contribution in [2.75, 3.05) is 5.32 Å². The average molecular weight is 280 g/mol. The van der Waals surface area contributed by atoms with Crippen LogP contribution in [0.25, 0.3) is 10.2 Å². The Hall–Kier alpha value is -1.16. The summed E-state index contributed by atoms with van der Waals surface area (Å²) in [6, 6.07) is 5.24. The number of anilines is 1. The molecule has 19 heavy (non-hydrogen) atoms. The van der Waals surface area contributed by atoms with Gasteiger partial charge in [-0.15, -0.1) is 0 Å². The molecule has 2 rings (SSSR count). The summed E-state index contributed by atoms with van der Waals surface area (Å²) in [5.41, 5.74) is 0.875. The van der Waals surface area contributed by atoms with E-state index in [0.29, 0.717) is 6.04 Å². The number of halogens is 1. The third-order valence-electron chi connectivity index (χ3n) is 3.22. The van der Waals surface area contributed by atoms with Gasteiger partial charge in [0, 0.05) is 6.04 Å². The molecule has 4 heteroatoms. The highest BCUT2D eigenvalue weighted by Crippen LogP contribution is 2.27. The predicted molar refractivity (Wildman–Crippen MR) is 81.4 cm³/mol. The van der Waals surface area contributed by atoms with E-state index < -0.39 is 0 Å². The Balaban J connectivity index is 2.09. The van der Waals surface area contributed by atoms with Crippen LogP contribution in [-0.2, 0) is 0 Å². The Bertz CT molecular complexity index is 524. The SMILES string of the molecule is CCCCC(CCC)Nc1nc2ccc(F)cc2s1. The zero-order valence-corrected chi connectivity index (χ0v) is 12.4. The molecule has 0 radical (unpaired) electrons. The number of fused-ring (bicyclic) bond motifs is 1. The van der Waals surface area contributed by atoms with Crippen LogP contribution >= 0.6 is 11.3 Å². The van der Waals surface area contributed by atoms with E-state index in [4.69, 9.17) is 0 Å². The molecule has 1 aromatic carbocycles. The van der Waals surface area contributed by atoms with Crippen molar-refractivity contribution in [2.45, 2.75) is 52.0 Å². The van der Waals surface area contributed by atoms with Gasteiger partial charge in [0.25, 0.3) is 0 Å². The lowest BCUT2D eigenvalue weighted by Crippen LogP contribution is -2.18. The second kappa shape index (κ2) is 6.85. The quantitative estimate of drug-likeness (QED) is 0.753. The minimum atomic E-state index is -0.196. The van der Waals surface area contributed by atoms with Gasteiger partial charge in [0.1, 0.15) is 5.82 Å². The van der Waals surface area contributed by atoms with Crippen LogP contribution in [0.3, 0.4) is 0 Å². The van der Waals surface area contributed by atoms with Crippen molar-refractivity contribution in [1.29, 1.82) is 0 Å². The molecule has 1 unspecified atom stereocenters. The molecule has 0 aliphatic carbocycles. The third kappa shape index (κ3) is 3.90. The molecule has 0 spiro atoms. The standard InChI is InChI=1S/C15H21FN2S/c1-3-5-7-12(6-4-2)17-15-18-13-9-8-11(16)10-14(13)19-15/h8-10,12H,3-7H2,1-2H3,(H,17,18). The molecule has 1 atom stereocenters. The molecule has 0 bridgehead atoms. The first-order valence-electron chi connectivity index (χ1n) is 7.05. The molecule has 0 saturated heterocycles. The summed E-state index contributed by atoms with van der Waals surface area (Å²) in [6.07, 6.45) is 5.95. The molecule has 104 valence electrons. The smallest absolute Gasteiger partial charge is 0.184 e. The maximum Gasteiger partial charge on any atom is 0.184 e. The number of hydrogen-bond acceptors (Lipinski definition) is 3. The van der Waals surface area contributed by atoms with E-state index in [1.54, 1.807) is 12.1 Å². The van der Waals surface area contributed by atoms with Crippen molar-refractivity contribution >= 4 is 26.7 Å². The van der Waals surface area contributed by atoms with E-state index in [1.165, 1.54) is 43.1 Å². The lowest BCUT2D eigenvalue weighted by molar-refractivity contribution is 0.564. The van der Waals surface area contributed by atoms with Gasteiger partial charge in [0.15, 0.2) is 5.13 Å². The van der Waals surface area contributed by atoms with Gasteiger partial charge in [0.2, 0.25) is 0 Å². The van der Waals surface area contributed by atoms with E-state index in [2.05, 4.69) is 24.1 Å². The lowest BCUT2D eigenvalue weighted by Gasteiger charge is -2.16. The molecular weight excluding hydrogens is 259 g/mol. The summed E-state index contributed by atoms with van der Waals surface area (Å²) in [5.74, 6) is -0.196. The van der Waals surface area contributed by atoms with Crippen LogP contribution in [-0.4, -0.2) is 11.0 Å². The number of unbranched alkanes of at least 4 members (excludes halogenated alkanes) is 1.